The number of ether oxygens (including phenoxy) is 1. The van der Waals surface area contributed by atoms with Crippen molar-refractivity contribution >= 4 is 5.78 Å². The van der Waals surface area contributed by atoms with Crippen LogP contribution in [0.15, 0.2) is 24.3 Å². The predicted molar refractivity (Wildman–Crippen MR) is 79.6 cm³/mol. The van der Waals surface area contributed by atoms with E-state index in [0.717, 1.165) is 42.6 Å². The van der Waals surface area contributed by atoms with E-state index in [1.54, 1.807) is 12.1 Å². The minimum atomic E-state index is -0.276. The van der Waals surface area contributed by atoms with Gasteiger partial charge in [0, 0.05) is 5.41 Å². The molecule has 1 heterocycles. The standard InChI is InChI=1S/C19H21FO2/c20-15-3-1-14(2-4-15)16-17(22-16)18(21)19-8-11-5-12(9-19)7-13(6-11)10-19/h1-4,11-13,16-17H,5-10H2. The van der Waals surface area contributed by atoms with Gasteiger partial charge in [-0.15, -0.1) is 0 Å². The van der Waals surface area contributed by atoms with Crippen molar-refractivity contribution in [3.8, 4) is 0 Å². The van der Waals surface area contributed by atoms with Crippen molar-refractivity contribution in [2.45, 2.75) is 50.7 Å². The Labute approximate surface area is 130 Å². The molecule has 1 aromatic rings. The average Bonchev–Trinajstić information content (AvgIpc) is 3.26. The molecule has 5 fully saturated rings. The highest BCUT2D eigenvalue weighted by atomic mass is 19.1. The van der Waals surface area contributed by atoms with E-state index in [0.29, 0.717) is 5.78 Å². The number of rotatable bonds is 3. The van der Waals surface area contributed by atoms with Gasteiger partial charge in [-0.25, -0.2) is 4.39 Å². The van der Waals surface area contributed by atoms with Crippen molar-refractivity contribution in [2.75, 3.05) is 0 Å². The molecular formula is C19H21FO2. The second-order valence-electron chi connectivity index (χ2n) is 8.09. The summed E-state index contributed by atoms with van der Waals surface area (Å²) < 4.78 is 18.7. The third kappa shape index (κ3) is 1.91. The van der Waals surface area contributed by atoms with E-state index in [1.807, 2.05) is 0 Å². The van der Waals surface area contributed by atoms with Crippen LogP contribution >= 0.6 is 0 Å². The van der Waals surface area contributed by atoms with Gasteiger partial charge in [0.05, 0.1) is 0 Å². The number of epoxide rings is 1. The van der Waals surface area contributed by atoms with Crippen LogP contribution in [0.2, 0.25) is 0 Å². The largest absolute Gasteiger partial charge is 0.356 e. The fourth-order valence-electron chi connectivity index (χ4n) is 5.93. The third-order valence-electron chi connectivity index (χ3n) is 6.51. The van der Waals surface area contributed by atoms with Crippen molar-refractivity contribution < 1.29 is 13.9 Å². The number of hydrogen-bond donors (Lipinski definition) is 0. The maximum Gasteiger partial charge on any atom is 0.170 e. The lowest BCUT2D eigenvalue weighted by Crippen LogP contribution is -2.51. The van der Waals surface area contributed by atoms with Gasteiger partial charge < -0.3 is 4.74 Å². The summed E-state index contributed by atoms with van der Waals surface area (Å²) in [5.41, 5.74) is 0.846. The van der Waals surface area contributed by atoms with E-state index >= 15 is 0 Å². The lowest BCUT2D eigenvalue weighted by molar-refractivity contribution is -0.145. The smallest absolute Gasteiger partial charge is 0.170 e. The van der Waals surface area contributed by atoms with E-state index in [2.05, 4.69) is 0 Å². The SMILES string of the molecule is O=C(C1OC1c1ccc(F)cc1)C12CC3CC(CC(C3)C1)C2. The van der Waals surface area contributed by atoms with E-state index in [1.165, 1.54) is 31.4 Å². The number of halogens is 1. The number of carbonyl (C=O) groups is 1. The van der Waals surface area contributed by atoms with Gasteiger partial charge >= 0.3 is 0 Å². The van der Waals surface area contributed by atoms with Crippen LogP contribution in [0, 0.1) is 29.0 Å². The first kappa shape index (κ1) is 13.2. The summed E-state index contributed by atoms with van der Waals surface area (Å²) in [6, 6.07) is 6.38. The molecule has 0 amide bonds. The molecular weight excluding hydrogens is 279 g/mol. The zero-order valence-electron chi connectivity index (χ0n) is 12.6. The number of carbonyl (C=O) groups excluding carboxylic acids is 1. The molecule has 0 radical (unpaired) electrons. The van der Waals surface area contributed by atoms with E-state index in [9.17, 15) is 9.18 Å². The van der Waals surface area contributed by atoms with E-state index < -0.39 is 0 Å². The molecule has 6 rings (SSSR count). The molecule has 4 bridgehead atoms. The highest BCUT2D eigenvalue weighted by molar-refractivity contribution is 5.92. The summed E-state index contributed by atoms with van der Waals surface area (Å²) in [5, 5.41) is 0. The van der Waals surface area contributed by atoms with Crippen molar-refractivity contribution in [3.63, 3.8) is 0 Å². The van der Waals surface area contributed by atoms with Crippen molar-refractivity contribution in [3.05, 3.63) is 35.6 Å². The Balaban J connectivity index is 1.36. The first-order chi connectivity index (χ1) is 10.6. The molecule has 22 heavy (non-hydrogen) atoms. The molecule has 0 spiro atoms. The molecule has 116 valence electrons. The fraction of sp³-hybridized carbons (Fsp3) is 0.632. The van der Waals surface area contributed by atoms with Crippen LogP contribution in [-0.4, -0.2) is 11.9 Å². The predicted octanol–water partition coefficient (Wildman–Crippen LogP) is 4.05. The Kier molecular flexibility index (Phi) is 2.65. The zero-order chi connectivity index (χ0) is 14.9. The quantitative estimate of drug-likeness (QED) is 0.788. The molecule has 4 saturated carbocycles. The Morgan fingerprint density at radius 1 is 1.00 bits per heavy atom. The maximum atomic E-state index is 13.1. The zero-order valence-corrected chi connectivity index (χ0v) is 12.6. The summed E-state index contributed by atoms with van der Waals surface area (Å²) in [6.07, 6.45) is 6.90. The fourth-order valence-corrected chi connectivity index (χ4v) is 5.93. The van der Waals surface area contributed by atoms with Gasteiger partial charge in [0.15, 0.2) is 5.78 Å². The molecule has 2 nitrogen and oxygen atoms in total. The molecule has 3 heteroatoms. The van der Waals surface area contributed by atoms with Crippen LogP contribution < -0.4 is 0 Å². The summed E-state index contributed by atoms with van der Waals surface area (Å²) in [5.74, 6) is 2.43. The van der Waals surface area contributed by atoms with E-state index in [-0.39, 0.29) is 23.4 Å². The van der Waals surface area contributed by atoms with Crippen molar-refractivity contribution in [2.24, 2.45) is 23.2 Å². The topological polar surface area (TPSA) is 29.6 Å². The lowest BCUT2D eigenvalue weighted by atomic mass is 9.48. The summed E-state index contributed by atoms with van der Waals surface area (Å²) >= 11 is 0. The highest BCUT2D eigenvalue weighted by Gasteiger charge is 2.60. The lowest BCUT2D eigenvalue weighted by Gasteiger charge is -2.55. The minimum absolute atomic E-state index is 0.0891. The molecule has 4 aliphatic carbocycles. The Morgan fingerprint density at radius 3 is 2.09 bits per heavy atom. The Hall–Kier alpha value is -1.22. The van der Waals surface area contributed by atoms with E-state index in [4.69, 9.17) is 4.74 Å². The number of hydrogen-bond acceptors (Lipinski definition) is 2. The molecule has 0 N–H and O–H groups in total. The number of Topliss-reactive ketones (excluding diaryl/α,β-unsaturated/α-hetero) is 1. The van der Waals surface area contributed by atoms with Gasteiger partial charge in [-0.3, -0.25) is 4.79 Å². The van der Waals surface area contributed by atoms with Gasteiger partial charge in [0.1, 0.15) is 18.0 Å². The van der Waals surface area contributed by atoms with Crippen LogP contribution in [0.3, 0.4) is 0 Å². The van der Waals surface area contributed by atoms with Crippen molar-refractivity contribution in [1.29, 1.82) is 0 Å². The third-order valence-corrected chi connectivity index (χ3v) is 6.51. The number of ketones is 1. The van der Waals surface area contributed by atoms with Gasteiger partial charge in [-0.2, -0.15) is 0 Å². The molecule has 2 atom stereocenters. The summed E-state index contributed by atoms with van der Waals surface area (Å²) in [6.45, 7) is 0. The van der Waals surface area contributed by atoms with Crippen LogP contribution in [0.1, 0.15) is 50.2 Å². The van der Waals surface area contributed by atoms with Crippen LogP contribution in [0.5, 0.6) is 0 Å². The van der Waals surface area contributed by atoms with Crippen LogP contribution in [0.4, 0.5) is 4.39 Å². The molecule has 2 unspecified atom stereocenters. The van der Waals surface area contributed by atoms with Gasteiger partial charge in [-0.05, 0) is 74.0 Å². The first-order valence-corrected chi connectivity index (χ1v) is 8.58. The minimum Gasteiger partial charge on any atom is -0.356 e. The second kappa shape index (κ2) is 4.41. The number of benzene rings is 1. The van der Waals surface area contributed by atoms with Gasteiger partial charge in [0.25, 0.3) is 0 Å². The molecule has 1 aromatic carbocycles. The summed E-state index contributed by atoms with van der Waals surface area (Å²) in [7, 11) is 0. The normalized spacial score (nSPS) is 45.0. The van der Waals surface area contributed by atoms with Crippen LogP contribution in [-0.2, 0) is 9.53 Å². The Morgan fingerprint density at radius 2 is 1.55 bits per heavy atom. The van der Waals surface area contributed by atoms with Gasteiger partial charge in [0.2, 0.25) is 0 Å². The molecule has 5 aliphatic rings. The molecule has 1 aliphatic heterocycles. The monoisotopic (exact) mass is 300 g/mol. The second-order valence-corrected chi connectivity index (χ2v) is 8.09. The summed E-state index contributed by atoms with van der Waals surface area (Å²) in [4.78, 5) is 13.1. The molecule has 1 saturated heterocycles. The molecule has 0 aromatic heterocycles. The van der Waals surface area contributed by atoms with Gasteiger partial charge in [-0.1, -0.05) is 12.1 Å². The average molecular weight is 300 g/mol. The Bertz CT molecular complexity index is 586. The van der Waals surface area contributed by atoms with Crippen LogP contribution in [0.25, 0.3) is 0 Å². The highest BCUT2D eigenvalue weighted by Crippen LogP contribution is 2.62. The van der Waals surface area contributed by atoms with Crippen molar-refractivity contribution in [1.82, 2.24) is 0 Å². The first-order valence-electron chi connectivity index (χ1n) is 8.58. The maximum absolute atomic E-state index is 13.1.